The van der Waals surface area contributed by atoms with Gasteiger partial charge in [-0.25, -0.2) is 13.4 Å². The second kappa shape index (κ2) is 9.51. The van der Waals surface area contributed by atoms with Crippen molar-refractivity contribution >= 4 is 15.7 Å². The Morgan fingerprint density at radius 2 is 1.85 bits per heavy atom. The lowest BCUT2D eigenvalue weighted by Gasteiger charge is -2.21. The Balaban J connectivity index is 1.69. The van der Waals surface area contributed by atoms with Gasteiger partial charge in [0.1, 0.15) is 0 Å². The van der Waals surface area contributed by atoms with Crippen LogP contribution in [0.25, 0.3) is 22.8 Å². The second-order valence-corrected chi connectivity index (χ2v) is 10.4. The summed E-state index contributed by atoms with van der Waals surface area (Å²) < 4.78 is 37.2. The molecular weight excluding hydrogens is 440 g/mol. The fourth-order valence-corrected chi connectivity index (χ4v) is 5.08. The Hall–Kier alpha value is -2.94. The van der Waals surface area contributed by atoms with E-state index < -0.39 is 10.0 Å². The van der Waals surface area contributed by atoms with E-state index in [9.17, 15) is 8.42 Å². The molecule has 1 aromatic carbocycles. The van der Waals surface area contributed by atoms with Crippen molar-refractivity contribution in [2.45, 2.75) is 58.3 Å². The molecule has 8 nitrogen and oxygen atoms in total. The van der Waals surface area contributed by atoms with Crippen molar-refractivity contribution in [3.63, 3.8) is 0 Å². The molecule has 0 bridgehead atoms. The van der Waals surface area contributed by atoms with Gasteiger partial charge >= 0.3 is 0 Å². The van der Waals surface area contributed by atoms with Crippen molar-refractivity contribution < 1.29 is 17.7 Å². The van der Waals surface area contributed by atoms with Gasteiger partial charge in [-0.2, -0.15) is 4.98 Å². The topological polar surface area (TPSA) is 107 Å². The van der Waals surface area contributed by atoms with Crippen LogP contribution in [0.15, 0.2) is 28.8 Å². The first-order chi connectivity index (χ1) is 15.8. The van der Waals surface area contributed by atoms with Crippen LogP contribution in [0.1, 0.15) is 61.8 Å². The van der Waals surface area contributed by atoms with Gasteiger partial charge in [-0.15, -0.1) is 0 Å². The van der Waals surface area contributed by atoms with E-state index >= 15 is 0 Å². The second-order valence-electron chi connectivity index (χ2n) is 8.64. The maximum absolute atomic E-state index is 11.8. The average molecular weight is 471 g/mol. The number of ether oxygens (including phenoxy) is 1. The van der Waals surface area contributed by atoms with Gasteiger partial charge in [0.25, 0.3) is 5.89 Å². The molecule has 4 rings (SSSR count). The molecule has 2 aromatic heterocycles. The van der Waals surface area contributed by atoms with E-state index in [1.54, 1.807) is 7.11 Å². The number of nitrogens with zero attached hydrogens (tertiary/aromatic N) is 3. The number of benzene rings is 1. The normalized spacial score (nSPS) is 14.9. The highest BCUT2D eigenvalue weighted by atomic mass is 32.2. The fraction of sp³-hybridized carbons (Fsp3) is 0.458. The number of aromatic nitrogens is 3. The summed E-state index contributed by atoms with van der Waals surface area (Å²) in [6, 6.07) is 7.60. The van der Waals surface area contributed by atoms with Crippen LogP contribution in [-0.2, 0) is 16.4 Å². The molecule has 0 aliphatic heterocycles. The molecule has 0 amide bonds. The molecule has 1 saturated carbocycles. The summed E-state index contributed by atoms with van der Waals surface area (Å²) in [6.07, 6.45) is 7.76. The third-order valence-electron chi connectivity index (χ3n) is 6.07. The first kappa shape index (κ1) is 23.2. The van der Waals surface area contributed by atoms with Gasteiger partial charge < -0.3 is 9.26 Å². The zero-order valence-electron chi connectivity index (χ0n) is 19.5. The van der Waals surface area contributed by atoms with Crippen LogP contribution in [0, 0.1) is 6.92 Å². The standard InChI is InChI=1S/C24H30N4O4S/c1-5-16-12-18(11-15(2)22(16)28-33(4,29)30)23-26-24(32-27-23)19-13-20(25-21(14-19)31-3)17-9-7-6-8-10-17/h11-14,17,28H,5-10H2,1-4H3. The molecule has 1 aliphatic carbocycles. The predicted octanol–water partition coefficient (Wildman–Crippen LogP) is 5.10. The van der Waals surface area contributed by atoms with Crippen LogP contribution in [0.2, 0.25) is 0 Å². The lowest BCUT2D eigenvalue weighted by Crippen LogP contribution is -2.12. The van der Waals surface area contributed by atoms with Crippen LogP contribution < -0.4 is 9.46 Å². The van der Waals surface area contributed by atoms with Crippen molar-refractivity contribution in [1.82, 2.24) is 15.1 Å². The minimum Gasteiger partial charge on any atom is -0.481 e. The predicted molar refractivity (Wildman–Crippen MR) is 128 cm³/mol. The van der Waals surface area contributed by atoms with E-state index in [0.29, 0.717) is 35.6 Å². The smallest absolute Gasteiger partial charge is 0.258 e. The first-order valence-electron chi connectivity index (χ1n) is 11.3. The zero-order valence-corrected chi connectivity index (χ0v) is 20.3. The van der Waals surface area contributed by atoms with E-state index in [-0.39, 0.29) is 0 Å². The highest BCUT2D eigenvalue weighted by Crippen LogP contribution is 2.35. The number of nitrogens with one attached hydrogen (secondary N) is 1. The van der Waals surface area contributed by atoms with Crippen molar-refractivity contribution in [3.8, 4) is 28.7 Å². The lowest BCUT2D eigenvalue weighted by atomic mass is 9.86. The van der Waals surface area contributed by atoms with Gasteiger partial charge in [0.15, 0.2) is 0 Å². The molecule has 3 aromatic rings. The van der Waals surface area contributed by atoms with E-state index in [1.165, 1.54) is 19.3 Å². The molecule has 9 heteroatoms. The number of sulfonamides is 1. The number of rotatable bonds is 7. The summed E-state index contributed by atoms with van der Waals surface area (Å²) in [5.74, 6) is 1.80. The highest BCUT2D eigenvalue weighted by Gasteiger charge is 2.21. The molecule has 1 N–H and O–H groups in total. The van der Waals surface area contributed by atoms with Crippen LogP contribution in [0.4, 0.5) is 5.69 Å². The van der Waals surface area contributed by atoms with E-state index in [2.05, 4.69) is 19.8 Å². The molecule has 0 spiro atoms. The Morgan fingerprint density at radius 1 is 1.09 bits per heavy atom. The van der Waals surface area contributed by atoms with Crippen molar-refractivity contribution in [1.29, 1.82) is 0 Å². The van der Waals surface area contributed by atoms with Gasteiger partial charge in [0, 0.05) is 28.8 Å². The first-order valence-corrected chi connectivity index (χ1v) is 13.2. The summed E-state index contributed by atoms with van der Waals surface area (Å²) in [4.78, 5) is 9.30. The molecule has 0 radical (unpaired) electrons. The Kier molecular flexibility index (Phi) is 6.69. The monoisotopic (exact) mass is 470 g/mol. The van der Waals surface area contributed by atoms with Gasteiger partial charge in [-0.05, 0) is 55.5 Å². The number of hydrogen-bond donors (Lipinski definition) is 1. The molecule has 0 saturated heterocycles. The Bertz CT molecular complexity index is 1250. The number of anilines is 1. The van der Waals surface area contributed by atoms with Gasteiger partial charge in [0.05, 0.1) is 19.1 Å². The Morgan fingerprint density at radius 3 is 2.52 bits per heavy atom. The summed E-state index contributed by atoms with van der Waals surface area (Å²) in [5.41, 5.74) is 4.82. The summed E-state index contributed by atoms with van der Waals surface area (Å²) in [5, 5.41) is 4.20. The lowest BCUT2D eigenvalue weighted by molar-refractivity contribution is 0.386. The van der Waals surface area contributed by atoms with Crippen LogP contribution in [0.3, 0.4) is 0 Å². The highest BCUT2D eigenvalue weighted by molar-refractivity contribution is 7.92. The summed E-state index contributed by atoms with van der Waals surface area (Å²) >= 11 is 0. The van der Waals surface area contributed by atoms with Crippen LogP contribution >= 0.6 is 0 Å². The summed E-state index contributed by atoms with van der Waals surface area (Å²) in [7, 11) is -1.77. The third-order valence-corrected chi connectivity index (χ3v) is 6.65. The van der Waals surface area contributed by atoms with Crippen molar-refractivity contribution in [2.75, 3.05) is 18.1 Å². The maximum Gasteiger partial charge on any atom is 0.258 e. The minimum atomic E-state index is -3.38. The van der Waals surface area contributed by atoms with Gasteiger partial charge in [-0.3, -0.25) is 4.72 Å². The quantitative estimate of drug-likeness (QED) is 0.512. The third kappa shape index (κ3) is 5.35. The molecule has 2 heterocycles. The van der Waals surface area contributed by atoms with Crippen molar-refractivity contribution in [3.05, 3.63) is 41.1 Å². The fourth-order valence-electron chi connectivity index (χ4n) is 4.42. The maximum atomic E-state index is 11.8. The average Bonchev–Trinajstić information content (AvgIpc) is 3.30. The Labute approximate surface area is 194 Å². The largest absolute Gasteiger partial charge is 0.481 e. The molecule has 176 valence electrons. The summed E-state index contributed by atoms with van der Waals surface area (Å²) in [6.45, 7) is 3.84. The molecule has 1 aliphatic rings. The van der Waals surface area contributed by atoms with Crippen molar-refractivity contribution in [2.24, 2.45) is 0 Å². The SMILES string of the molecule is CCc1cc(-c2noc(-c3cc(OC)nc(C4CCCCC4)c3)n2)cc(C)c1NS(C)(=O)=O. The number of pyridine rings is 1. The van der Waals surface area contributed by atoms with E-state index in [1.807, 2.05) is 38.1 Å². The molecule has 33 heavy (non-hydrogen) atoms. The number of aryl methyl sites for hydroxylation is 2. The number of methoxy groups -OCH3 is 1. The molecular formula is C24H30N4O4S. The zero-order chi connectivity index (χ0) is 23.6. The van der Waals surface area contributed by atoms with E-state index in [4.69, 9.17) is 9.26 Å². The van der Waals surface area contributed by atoms with Crippen LogP contribution in [0.5, 0.6) is 5.88 Å². The van der Waals surface area contributed by atoms with E-state index in [0.717, 1.165) is 47.0 Å². The van der Waals surface area contributed by atoms with Gasteiger partial charge in [0.2, 0.25) is 21.7 Å². The molecule has 0 unspecified atom stereocenters. The molecule has 1 fully saturated rings. The van der Waals surface area contributed by atoms with Crippen LogP contribution in [-0.4, -0.2) is 36.9 Å². The minimum absolute atomic E-state index is 0.400. The molecule has 0 atom stereocenters. The number of hydrogen-bond acceptors (Lipinski definition) is 7. The van der Waals surface area contributed by atoms with Gasteiger partial charge in [-0.1, -0.05) is 31.3 Å².